The third kappa shape index (κ3) is 4.99. The Morgan fingerprint density at radius 3 is 2.36 bits per heavy atom. The quantitative estimate of drug-likeness (QED) is 0.172. The lowest BCUT2D eigenvalue weighted by Crippen LogP contribution is -2.33. The molecule has 10 rings (SSSR count). The number of para-hydroxylation sites is 1. The van der Waals surface area contributed by atoms with Crippen molar-refractivity contribution in [2.45, 2.75) is 69.2 Å². The summed E-state index contributed by atoms with van der Waals surface area (Å²) in [7, 11) is 0. The Morgan fingerprint density at radius 2 is 1.52 bits per heavy atom. The van der Waals surface area contributed by atoms with Crippen LogP contribution < -0.4 is 4.90 Å². The molecule has 4 aliphatic carbocycles. The molecule has 5 aliphatic rings. The lowest BCUT2D eigenvalue weighted by molar-refractivity contribution is 0.527. The molecule has 0 fully saturated rings. The molecule has 0 radical (unpaired) electrons. The summed E-state index contributed by atoms with van der Waals surface area (Å²) in [4.78, 5) is 2.63. The topological polar surface area (TPSA) is 8.17 Å². The van der Waals surface area contributed by atoms with Gasteiger partial charge in [-0.25, -0.2) is 0 Å². The number of aromatic nitrogens is 1. The summed E-state index contributed by atoms with van der Waals surface area (Å²) in [5.74, 6) is 1.34. The van der Waals surface area contributed by atoms with Crippen molar-refractivity contribution in [2.75, 3.05) is 4.90 Å². The first-order chi connectivity index (χ1) is 24.8. The predicted octanol–water partition coefficient (Wildman–Crippen LogP) is 12.5. The van der Waals surface area contributed by atoms with E-state index in [2.05, 4.69) is 155 Å². The Hall–Kier alpha value is -5.08. The van der Waals surface area contributed by atoms with Crippen LogP contribution in [-0.2, 0) is 6.42 Å². The minimum atomic E-state index is 0.367. The lowest BCUT2D eigenvalue weighted by Gasteiger charge is -2.35. The highest BCUT2D eigenvalue weighted by molar-refractivity contribution is 5.95. The molecule has 5 aromatic rings. The number of hydrogen-bond donors (Lipinski definition) is 0. The van der Waals surface area contributed by atoms with Gasteiger partial charge in [0.25, 0.3) is 0 Å². The number of allylic oxidation sites excluding steroid dienone is 8. The minimum Gasteiger partial charge on any atom is -0.337 e. The van der Waals surface area contributed by atoms with E-state index in [0.29, 0.717) is 23.8 Å². The van der Waals surface area contributed by atoms with Crippen molar-refractivity contribution in [1.29, 1.82) is 0 Å². The van der Waals surface area contributed by atoms with Gasteiger partial charge < -0.3 is 9.47 Å². The Kier molecular flexibility index (Phi) is 7.36. The van der Waals surface area contributed by atoms with Crippen LogP contribution in [0.25, 0.3) is 33.8 Å². The SMILES string of the molecule is C1=Cc2c(n(C3=CCC(C4=CCCCC4)C=C3)c3ccc(C4C=CC5c6ccccc6N(c6ccc(-c7ccccc7)cc6)C5C4)cc23)CC1. The van der Waals surface area contributed by atoms with E-state index in [9.17, 15) is 0 Å². The molecule has 2 heterocycles. The van der Waals surface area contributed by atoms with Gasteiger partial charge in [0.2, 0.25) is 0 Å². The zero-order chi connectivity index (χ0) is 33.0. The second-order valence-corrected chi connectivity index (χ2v) is 14.9. The smallest absolute Gasteiger partial charge is 0.0537 e. The molecule has 0 saturated heterocycles. The van der Waals surface area contributed by atoms with Crippen LogP contribution in [0.5, 0.6) is 0 Å². The number of fused-ring (bicyclic) bond motifs is 6. The lowest BCUT2D eigenvalue weighted by atomic mass is 9.79. The third-order valence-electron chi connectivity index (χ3n) is 12.1. The average molecular weight is 649 g/mol. The van der Waals surface area contributed by atoms with Gasteiger partial charge >= 0.3 is 0 Å². The van der Waals surface area contributed by atoms with Crippen LogP contribution >= 0.6 is 0 Å². The number of benzene rings is 4. The second-order valence-electron chi connectivity index (χ2n) is 14.9. The van der Waals surface area contributed by atoms with Gasteiger partial charge in [-0.3, -0.25) is 0 Å². The molecule has 50 heavy (non-hydrogen) atoms. The molecule has 0 amide bonds. The molecule has 1 aliphatic heterocycles. The maximum absolute atomic E-state index is 2.63. The fraction of sp³-hybridized carbons (Fsp3) is 0.250. The van der Waals surface area contributed by atoms with Gasteiger partial charge in [-0.15, -0.1) is 0 Å². The van der Waals surface area contributed by atoms with E-state index >= 15 is 0 Å². The van der Waals surface area contributed by atoms with Crippen LogP contribution in [0.15, 0.2) is 145 Å². The number of rotatable bonds is 5. The Bertz CT molecular complexity index is 2240. The molecule has 0 N–H and O–H groups in total. The van der Waals surface area contributed by atoms with Gasteiger partial charge in [0.05, 0.1) is 5.52 Å². The molecule has 4 unspecified atom stereocenters. The first-order valence-corrected chi connectivity index (χ1v) is 18.9. The van der Waals surface area contributed by atoms with Crippen molar-refractivity contribution < 1.29 is 0 Å². The van der Waals surface area contributed by atoms with Gasteiger partial charge in [-0.2, -0.15) is 0 Å². The molecule has 2 heteroatoms. The highest BCUT2D eigenvalue weighted by atomic mass is 15.2. The molecule has 246 valence electrons. The van der Waals surface area contributed by atoms with Crippen molar-refractivity contribution in [2.24, 2.45) is 5.92 Å². The molecule has 4 atom stereocenters. The van der Waals surface area contributed by atoms with Crippen LogP contribution in [0, 0.1) is 5.92 Å². The van der Waals surface area contributed by atoms with Crippen LogP contribution in [0.3, 0.4) is 0 Å². The summed E-state index contributed by atoms with van der Waals surface area (Å²) < 4.78 is 2.58. The Morgan fingerprint density at radius 1 is 0.660 bits per heavy atom. The van der Waals surface area contributed by atoms with Crippen LogP contribution in [0.4, 0.5) is 11.4 Å². The summed E-state index contributed by atoms with van der Waals surface area (Å²) in [6, 6.07) is 36.7. The molecule has 0 saturated carbocycles. The maximum Gasteiger partial charge on any atom is 0.0537 e. The van der Waals surface area contributed by atoms with Crippen molar-refractivity contribution in [1.82, 2.24) is 4.57 Å². The summed E-state index contributed by atoms with van der Waals surface area (Å²) in [5.41, 5.74) is 15.3. The normalized spacial score (nSPS) is 23.7. The van der Waals surface area contributed by atoms with Crippen molar-refractivity contribution in [3.05, 3.63) is 168 Å². The number of hydrogen-bond acceptors (Lipinski definition) is 1. The summed E-state index contributed by atoms with van der Waals surface area (Å²) in [5, 5.41) is 1.40. The first-order valence-electron chi connectivity index (χ1n) is 18.9. The Balaban J connectivity index is 0.978. The van der Waals surface area contributed by atoms with Gasteiger partial charge in [-0.1, -0.05) is 115 Å². The van der Waals surface area contributed by atoms with Gasteiger partial charge in [0, 0.05) is 57.5 Å². The van der Waals surface area contributed by atoms with E-state index in [1.54, 1.807) is 5.57 Å². The summed E-state index contributed by atoms with van der Waals surface area (Å²) >= 11 is 0. The zero-order valence-corrected chi connectivity index (χ0v) is 28.7. The van der Waals surface area contributed by atoms with Crippen LogP contribution in [0.1, 0.15) is 79.2 Å². The maximum atomic E-state index is 2.63. The van der Waals surface area contributed by atoms with Crippen molar-refractivity contribution in [3.63, 3.8) is 0 Å². The predicted molar refractivity (Wildman–Crippen MR) is 211 cm³/mol. The number of nitrogens with zero attached hydrogens (tertiary/aromatic N) is 2. The summed E-state index contributed by atoms with van der Waals surface area (Å²) in [6.45, 7) is 0. The monoisotopic (exact) mass is 648 g/mol. The van der Waals surface area contributed by atoms with Gasteiger partial charge in [0.1, 0.15) is 0 Å². The van der Waals surface area contributed by atoms with Crippen LogP contribution in [-0.4, -0.2) is 10.6 Å². The molecular weight excluding hydrogens is 605 g/mol. The molecule has 0 spiro atoms. The highest BCUT2D eigenvalue weighted by Crippen LogP contribution is 2.51. The first kappa shape index (κ1) is 29.8. The van der Waals surface area contributed by atoms with E-state index < -0.39 is 0 Å². The van der Waals surface area contributed by atoms with Crippen molar-refractivity contribution >= 4 is 34.1 Å². The second kappa shape index (κ2) is 12.4. The molecule has 4 aromatic carbocycles. The molecular formula is C48H44N2. The van der Waals surface area contributed by atoms with E-state index in [1.165, 1.54) is 87.2 Å². The molecule has 2 nitrogen and oxygen atoms in total. The van der Waals surface area contributed by atoms with E-state index in [4.69, 9.17) is 0 Å². The van der Waals surface area contributed by atoms with Crippen molar-refractivity contribution in [3.8, 4) is 11.1 Å². The van der Waals surface area contributed by atoms with Crippen LogP contribution in [0.2, 0.25) is 0 Å². The molecule has 1 aromatic heterocycles. The molecule has 0 bridgehead atoms. The fourth-order valence-corrected chi connectivity index (χ4v) is 9.65. The zero-order valence-electron chi connectivity index (χ0n) is 28.7. The standard InChI is InChI=1S/C48H44N2/c1-3-11-33(12-4-1)35-19-25-39(26-20-35)49-46-18-10-8-16-42(46)44-31-37(24-30-47(44)49)38-23-29-43-41-15-7-9-17-45(41)50(48(43)32-38)40-27-21-36(22-28-40)34-13-5-2-6-14-34/h2,5-9,11,13-17,19,21-31,35,38,43,48H,1,3-4,10,12,18,20,32H2. The van der Waals surface area contributed by atoms with E-state index in [-0.39, 0.29) is 0 Å². The van der Waals surface area contributed by atoms with Gasteiger partial charge in [0.15, 0.2) is 0 Å². The van der Waals surface area contributed by atoms with E-state index in [0.717, 1.165) is 25.7 Å². The van der Waals surface area contributed by atoms with E-state index in [1.807, 2.05) is 0 Å². The Labute approximate surface area is 296 Å². The average Bonchev–Trinajstić information content (AvgIpc) is 3.71. The summed E-state index contributed by atoms with van der Waals surface area (Å²) in [6.07, 6.45) is 29.4. The highest BCUT2D eigenvalue weighted by Gasteiger charge is 2.41. The third-order valence-corrected chi connectivity index (χ3v) is 12.1. The number of anilines is 2. The fourth-order valence-electron chi connectivity index (χ4n) is 9.65. The minimum absolute atomic E-state index is 0.367. The largest absolute Gasteiger partial charge is 0.337 e. The van der Waals surface area contributed by atoms with Gasteiger partial charge in [-0.05, 0) is 110 Å².